The molecule has 0 unspecified atom stereocenters. The zero-order valence-electron chi connectivity index (χ0n) is 9.90. The number of benzene rings is 1. The molecule has 0 saturated heterocycles. The summed E-state index contributed by atoms with van der Waals surface area (Å²) in [5.74, 6) is 4.44. The van der Waals surface area contributed by atoms with Crippen molar-refractivity contribution in [2.75, 3.05) is 7.11 Å². The largest absolute Gasteiger partial charge is 0.495 e. The lowest BCUT2D eigenvalue weighted by molar-refractivity contribution is -0.136. The topological polar surface area (TPSA) is 89.6 Å². The highest BCUT2D eigenvalue weighted by atomic mass is 16.5. The number of methoxy groups -OCH3 is 1. The molecule has 0 bridgehead atoms. The van der Waals surface area contributed by atoms with Gasteiger partial charge in [0.1, 0.15) is 5.75 Å². The van der Waals surface area contributed by atoms with E-state index in [2.05, 4.69) is 11.8 Å². The lowest BCUT2D eigenvalue weighted by atomic mass is 10.1. The van der Waals surface area contributed by atoms with Crippen LogP contribution in [0.25, 0.3) is 0 Å². The third kappa shape index (κ3) is 4.18. The first-order valence-corrected chi connectivity index (χ1v) is 5.19. The summed E-state index contributed by atoms with van der Waals surface area (Å²) in [4.78, 5) is 21.2. The molecule has 0 heterocycles. The molecule has 0 saturated carbocycles. The molecule has 0 fully saturated rings. The standard InChI is InChI=1S/C13H13NO4/c1-18-11-6-5-9(8-13(16)17)7-10(11)3-2-4-12(14)15/h5-7H,4,8H2,1H3,(H2,14,15)(H,16,17). The number of carbonyl (C=O) groups is 2. The number of aliphatic carboxylic acids is 1. The molecule has 1 rings (SSSR count). The van der Waals surface area contributed by atoms with Gasteiger partial charge in [-0.1, -0.05) is 17.9 Å². The number of carboxylic acid groups (broad SMARTS) is 1. The van der Waals surface area contributed by atoms with Gasteiger partial charge in [0.2, 0.25) is 5.91 Å². The van der Waals surface area contributed by atoms with E-state index in [9.17, 15) is 9.59 Å². The molecule has 0 atom stereocenters. The number of carboxylic acids is 1. The molecule has 0 aliphatic rings. The van der Waals surface area contributed by atoms with Crippen LogP contribution in [0.15, 0.2) is 18.2 Å². The van der Waals surface area contributed by atoms with E-state index >= 15 is 0 Å². The van der Waals surface area contributed by atoms with Gasteiger partial charge < -0.3 is 15.6 Å². The van der Waals surface area contributed by atoms with Gasteiger partial charge in [-0.05, 0) is 17.7 Å². The van der Waals surface area contributed by atoms with Gasteiger partial charge in [0.25, 0.3) is 0 Å². The maximum Gasteiger partial charge on any atom is 0.307 e. The van der Waals surface area contributed by atoms with Gasteiger partial charge in [-0.2, -0.15) is 0 Å². The smallest absolute Gasteiger partial charge is 0.307 e. The van der Waals surface area contributed by atoms with Gasteiger partial charge in [0, 0.05) is 0 Å². The van der Waals surface area contributed by atoms with Crippen molar-refractivity contribution in [3.63, 3.8) is 0 Å². The normalized spacial score (nSPS) is 9.17. The Kier molecular flexibility index (Phi) is 4.76. The van der Waals surface area contributed by atoms with Gasteiger partial charge >= 0.3 is 5.97 Å². The third-order valence-electron chi connectivity index (χ3n) is 2.10. The quantitative estimate of drug-likeness (QED) is 0.760. The monoisotopic (exact) mass is 247 g/mol. The molecule has 18 heavy (non-hydrogen) atoms. The Hall–Kier alpha value is -2.48. The van der Waals surface area contributed by atoms with E-state index in [4.69, 9.17) is 15.6 Å². The molecular formula is C13H13NO4. The fourth-order valence-corrected chi connectivity index (χ4v) is 1.36. The van der Waals surface area contributed by atoms with E-state index in [1.165, 1.54) is 7.11 Å². The van der Waals surface area contributed by atoms with Gasteiger partial charge in [0.05, 0.1) is 25.5 Å². The fourth-order valence-electron chi connectivity index (χ4n) is 1.36. The van der Waals surface area contributed by atoms with Crippen molar-refractivity contribution in [2.45, 2.75) is 12.8 Å². The zero-order valence-corrected chi connectivity index (χ0v) is 9.90. The Morgan fingerprint density at radius 3 is 2.72 bits per heavy atom. The summed E-state index contributed by atoms with van der Waals surface area (Å²) < 4.78 is 5.10. The first-order valence-electron chi connectivity index (χ1n) is 5.19. The van der Waals surface area contributed by atoms with Crippen molar-refractivity contribution < 1.29 is 19.4 Å². The minimum Gasteiger partial charge on any atom is -0.495 e. The highest BCUT2D eigenvalue weighted by molar-refractivity contribution is 5.76. The van der Waals surface area contributed by atoms with Crippen molar-refractivity contribution >= 4 is 11.9 Å². The van der Waals surface area contributed by atoms with Gasteiger partial charge in [0.15, 0.2) is 0 Å². The molecule has 0 aliphatic carbocycles. The molecule has 0 radical (unpaired) electrons. The molecule has 3 N–H and O–H groups in total. The van der Waals surface area contributed by atoms with Gasteiger partial charge in [-0.25, -0.2) is 0 Å². The second-order valence-electron chi connectivity index (χ2n) is 3.55. The SMILES string of the molecule is COc1ccc(CC(=O)O)cc1C#CCC(N)=O. The summed E-state index contributed by atoms with van der Waals surface area (Å²) >= 11 is 0. The van der Waals surface area contributed by atoms with Crippen LogP contribution in [0.5, 0.6) is 5.75 Å². The molecule has 94 valence electrons. The second-order valence-corrected chi connectivity index (χ2v) is 3.55. The Bertz CT molecular complexity index is 526. The molecule has 1 aromatic carbocycles. The van der Waals surface area contributed by atoms with E-state index in [-0.39, 0.29) is 12.8 Å². The number of hydrogen-bond acceptors (Lipinski definition) is 3. The Morgan fingerprint density at radius 1 is 1.44 bits per heavy atom. The number of rotatable bonds is 4. The van der Waals surface area contributed by atoms with Gasteiger partial charge in [-0.3, -0.25) is 9.59 Å². The lowest BCUT2D eigenvalue weighted by Gasteiger charge is -2.05. The molecule has 1 aromatic rings. The second kappa shape index (κ2) is 6.30. The number of amides is 1. The minimum atomic E-state index is -0.920. The zero-order chi connectivity index (χ0) is 13.5. The Balaban J connectivity index is 3.00. The molecule has 0 aliphatic heterocycles. The number of primary amides is 1. The average Bonchev–Trinajstić information content (AvgIpc) is 2.28. The van der Waals surface area contributed by atoms with E-state index in [0.29, 0.717) is 16.9 Å². The van der Waals surface area contributed by atoms with Crippen LogP contribution in [-0.4, -0.2) is 24.1 Å². The van der Waals surface area contributed by atoms with Crippen LogP contribution in [0.3, 0.4) is 0 Å². The summed E-state index contributed by atoms with van der Waals surface area (Å²) in [5.41, 5.74) is 6.13. The molecule has 5 heteroatoms. The van der Waals surface area contributed by atoms with E-state index < -0.39 is 11.9 Å². The van der Waals surface area contributed by atoms with E-state index in [0.717, 1.165) is 0 Å². The summed E-state index contributed by atoms with van der Waals surface area (Å²) in [6, 6.07) is 4.93. The maximum atomic E-state index is 10.6. The lowest BCUT2D eigenvalue weighted by Crippen LogP contribution is -2.08. The summed E-state index contributed by atoms with van der Waals surface area (Å²) in [6.45, 7) is 0. The van der Waals surface area contributed by atoms with Crippen molar-refractivity contribution in [1.29, 1.82) is 0 Å². The first kappa shape index (κ1) is 13.6. The number of ether oxygens (including phenoxy) is 1. The number of hydrogen-bond donors (Lipinski definition) is 2. The third-order valence-corrected chi connectivity index (χ3v) is 2.10. The van der Waals surface area contributed by atoms with Crippen LogP contribution in [0, 0.1) is 11.8 Å². The van der Waals surface area contributed by atoms with E-state index in [1.807, 2.05) is 0 Å². The van der Waals surface area contributed by atoms with E-state index in [1.54, 1.807) is 18.2 Å². The van der Waals surface area contributed by atoms with Crippen molar-refractivity contribution in [2.24, 2.45) is 5.73 Å². The van der Waals surface area contributed by atoms with Crippen LogP contribution in [0.4, 0.5) is 0 Å². The maximum absolute atomic E-state index is 10.6. The predicted molar refractivity (Wildman–Crippen MR) is 65.0 cm³/mol. The first-order chi connectivity index (χ1) is 8.52. The minimum absolute atomic E-state index is 0.0493. The molecule has 0 spiro atoms. The predicted octanol–water partition coefficient (Wildman–Crippen LogP) is 0.549. The van der Waals surface area contributed by atoms with Gasteiger partial charge in [-0.15, -0.1) is 0 Å². The van der Waals surface area contributed by atoms with Crippen LogP contribution in [-0.2, 0) is 16.0 Å². The number of nitrogens with two attached hydrogens (primary N) is 1. The highest BCUT2D eigenvalue weighted by Gasteiger charge is 2.05. The fraction of sp³-hybridized carbons (Fsp3) is 0.231. The Morgan fingerprint density at radius 2 is 2.17 bits per heavy atom. The van der Waals surface area contributed by atoms with Crippen LogP contribution >= 0.6 is 0 Å². The molecular weight excluding hydrogens is 234 g/mol. The summed E-state index contributed by atoms with van der Waals surface area (Å²) in [6.07, 6.45) is -0.138. The molecule has 1 amide bonds. The van der Waals surface area contributed by atoms with Crippen molar-refractivity contribution in [1.82, 2.24) is 0 Å². The van der Waals surface area contributed by atoms with Crippen LogP contribution in [0.2, 0.25) is 0 Å². The number of carbonyl (C=O) groups excluding carboxylic acids is 1. The van der Waals surface area contributed by atoms with Crippen molar-refractivity contribution in [3.8, 4) is 17.6 Å². The average molecular weight is 247 g/mol. The highest BCUT2D eigenvalue weighted by Crippen LogP contribution is 2.19. The molecule has 5 nitrogen and oxygen atoms in total. The summed E-state index contributed by atoms with van der Waals surface area (Å²) in [5, 5.41) is 8.70. The Labute approximate surface area is 105 Å². The summed E-state index contributed by atoms with van der Waals surface area (Å²) in [7, 11) is 1.49. The molecule has 0 aromatic heterocycles. The van der Waals surface area contributed by atoms with Crippen LogP contribution in [0.1, 0.15) is 17.5 Å². The van der Waals surface area contributed by atoms with Crippen LogP contribution < -0.4 is 10.5 Å². The van der Waals surface area contributed by atoms with Crippen molar-refractivity contribution in [3.05, 3.63) is 29.3 Å².